The van der Waals surface area contributed by atoms with Crippen molar-refractivity contribution in [3.8, 4) is 17.2 Å². The Bertz CT molecular complexity index is 826. The second-order valence-electron chi connectivity index (χ2n) is 5.42. The molecule has 136 valence electrons. The van der Waals surface area contributed by atoms with Crippen molar-refractivity contribution >= 4 is 17.5 Å². The summed E-state index contributed by atoms with van der Waals surface area (Å²) in [6.07, 6.45) is 0.463. The fourth-order valence-electron chi connectivity index (χ4n) is 2.23. The number of rotatable bonds is 9. The summed E-state index contributed by atoms with van der Waals surface area (Å²) in [5.74, 6) is -2.35. The van der Waals surface area contributed by atoms with Gasteiger partial charge in [-0.15, -0.1) is 0 Å². The van der Waals surface area contributed by atoms with Crippen LogP contribution in [0.1, 0.15) is 34.1 Å². The highest BCUT2D eigenvalue weighted by atomic mass is 16.5. The third kappa shape index (κ3) is 4.83. The molecule has 0 heterocycles. The molecule has 2 aromatic rings. The topological polar surface area (TPSA) is 110 Å². The van der Waals surface area contributed by atoms with Crippen molar-refractivity contribution in [1.82, 2.24) is 0 Å². The van der Waals surface area contributed by atoms with Crippen molar-refractivity contribution in [2.24, 2.45) is 0 Å². The van der Waals surface area contributed by atoms with Gasteiger partial charge in [-0.25, -0.2) is 4.79 Å². The number of Topliss-reactive ketones (excluding diaryl/α,β-unsaturated/α-hetero) is 2. The molecule has 2 rings (SSSR count). The lowest BCUT2D eigenvalue weighted by Crippen LogP contribution is -2.15. The Morgan fingerprint density at radius 3 is 2.31 bits per heavy atom. The molecule has 0 aromatic heterocycles. The van der Waals surface area contributed by atoms with Crippen LogP contribution < -0.4 is 9.47 Å². The van der Waals surface area contributed by atoms with Gasteiger partial charge in [-0.1, -0.05) is 12.1 Å². The number of ketones is 2. The maximum absolute atomic E-state index is 11.6. The lowest BCUT2D eigenvalue weighted by Gasteiger charge is -2.11. The van der Waals surface area contributed by atoms with Crippen molar-refractivity contribution in [1.29, 1.82) is 0 Å². The van der Waals surface area contributed by atoms with E-state index in [-0.39, 0.29) is 41.6 Å². The number of hydrogen-bond acceptors (Lipinski definition) is 6. The zero-order chi connectivity index (χ0) is 19.1. The molecule has 0 atom stereocenters. The average Bonchev–Trinajstić information content (AvgIpc) is 2.61. The number of phenolic OH excluding ortho intramolecular Hbond substituents is 1. The maximum Gasteiger partial charge on any atom is 0.377 e. The van der Waals surface area contributed by atoms with Gasteiger partial charge in [0.05, 0.1) is 24.3 Å². The quantitative estimate of drug-likeness (QED) is 0.403. The van der Waals surface area contributed by atoms with Crippen LogP contribution in [0.5, 0.6) is 17.2 Å². The average molecular weight is 358 g/mol. The van der Waals surface area contributed by atoms with Crippen LogP contribution in [-0.4, -0.2) is 41.0 Å². The van der Waals surface area contributed by atoms with Gasteiger partial charge >= 0.3 is 5.97 Å². The second-order valence-corrected chi connectivity index (χ2v) is 5.42. The van der Waals surface area contributed by atoms with Crippen LogP contribution >= 0.6 is 0 Å². The normalized spacial score (nSPS) is 10.2. The van der Waals surface area contributed by atoms with Crippen molar-refractivity contribution in [2.75, 3.05) is 13.2 Å². The molecule has 0 spiro atoms. The number of phenols is 1. The third-order valence-electron chi connectivity index (χ3n) is 3.49. The molecule has 0 unspecified atom stereocenters. The Morgan fingerprint density at radius 2 is 1.65 bits per heavy atom. The van der Waals surface area contributed by atoms with Gasteiger partial charge < -0.3 is 19.7 Å². The molecular formula is C19H18O7. The number of hydrogen-bond donors (Lipinski definition) is 2. The van der Waals surface area contributed by atoms with Crippen LogP contribution in [0, 0.1) is 0 Å². The minimum Gasteiger partial charge on any atom is -0.507 e. The molecule has 0 aliphatic carbocycles. The van der Waals surface area contributed by atoms with E-state index >= 15 is 0 Å². The van der Waals surface area contributed by atoms with Crippen LogP contribution in [0.4, 0.5) is 0 Å². The van der Waals surface area contributed by atoms with E-state index in [1.165, 1.54) is 31.2 Å². The number of carboxylic acid groups (broad SMARTS) is 1. The first kappa shape index (κ1) is 19.0. The van der Waals surface area contributed by atoms with Gasteiger partial charge in [0.15, 0.2) is 5.78 Å². The smallest absolute Gasteiger partial charge is 0.377 e. The molecular weight excluding hydrogens is 340 g/mol. The lowest BCUT2D eigenvalue weighted by atomic mass is 10.1. The van der Waals surface area contributed by atoms with E-state index in [9.17, 15) is 19.5 Å². The van der Waals surface area contributed by atoms with Crippen molar-refractivity contribution in [2.45, 2.75) is 13.3 Å². The number of para-hydroxylation sites is 1. The zero-order valence-corrected chi connectivity index (χ0v) is 14.1. The molecule has 0 amide bonds. The minimum atomic E-state index is -1.54. The summed E-state index contributed by atoms with van der Waals surface area (Å²) in [4.78, 5) is 33.7. The summed E-state index contributed by atoms with van der Waals surface area (Å²) in [5, 5.41) is 18.5. The fourth-order valence-corrected chi connectivity index (χ4v) is 2.23. The Labute approximate surface area is 149 Å². The Balaban J connectivity index is 1.85. The molecule has 0 aliphatic heterocycles. The van der Waals surface area contributed by atoms with Gasteiger partial charge in [0, 0.05) is 12.5 Å². The maximum atomic E-state index is 11.6. The molecule has 0 fully saturated rings. The number of aliphatic carboxylic acids is 1. The third-order valence-corrected chi connectivity index (χ3v) is 3.49. The van der Waals surface area contributed by atoms with E-state index in [1.807, 2.05) is 0 Å². The molecule has 0 saturated heterocycles. The van der Waals surface area contributed by atoms with Crippen molar-refractivity contribution < 1.29 is 34.1 Å². The summed E-state index contributed by atoms with van der Waals surface area (Å²) >= 11 is 0. The van der Waals surface area contributed by atoms with Crippen LogP contribution in [0.25, 0.3) is 0 Å². The highest BCUT2D eigenvalue weighted by Crippen LogP contribution is 2.24. The van der Waals surface area contributed by atoms with E-state index < -0.39 is 11.8 Å². The molecule has 2 N–H and O–H groups in total. The molecule has 7 heteroatoms. The summed E-state index contributed by atoms with van der Waals surface area (Å²) < 4.78 is 10.9. The van der Waals surface area contributed by atoms with Crippen LogP contribution in [0.2, 0.25) is 0 Å². The first-order valence-corrected chi connectivity index (χ1v) is 7.86. The fraction of sp³-hybridized carbons (Fsp3) is 0.211. The van der Waals surface area contributed by atoms with Crippen LogP contribution in [0.3, 0.4) is 0 Å². The standard InChI is InChI=1S/C19H18O7/c1-12(20)14-8-7-13(11-16(14)21)25-9-4-10-26-17-6-3-2-5-15(17)18(22)19(23)24/h2-3,5-8,11,21H,4,9-10H2,1H3,(H,23,24). The highest BCUT2D eigenvalue weighted by molar-refractivity contribution is 6.40. The summed E-state index contributed by atoms with van der Waals surface area (Å²) in [6.45, 7) is 1.84. The first-order valence-electron chi connectivity index (χ1n) is 7.86. The number of ether oxygens (including phenoxy) is 2. The molecule has 26 heavy (non-hydrogen) atoms. The monoisotopic (exact) mass is 358 g/mol. The number of carbonyl (C=O) groups is 3. The number of carboxylic acids is 1. The number of carbonyl (C=O) groups excluding carboxylic acids is 2. The minimum absolute atomic E-state index is 0.00865. The van der Waals surface area contributed by atoms with Gasteiger partial charge in [0.2, 0.25) is 0 Å². The van der Waals surface area contributed by atoms with E-state index in [4.69, 9.17) is 14.6 Å². The van der Waals surface area contributed by atoms with E-state index in [0.717, 1.165) is 0 Å². The Kier molecular flexibility index (Phi) is 6.32. The predicted octanol–water partition coefficient (Wildman–Crippen LogP) is 2.71. The molecule has 0 aliphatic rings. The van der Waals surface area contributed by atoms with Crippen LogP contribution in [-0.2, 0) is 4.79 Å². The van der Waals surface area contributed by atoms with E-state index in [1.54, 1.807) is 18.2 Å². The SMILES string of the molecule is CC(=O)c1ccc(OCCCOc2ccccc2C(=O)C(=O)O)cc1O. The first-order chi connectivity index (χ1) is 12.4. The van der Waals surface area contributed by atoms with E-state index in [2.05, 4.69) is 0 Å². The van der Waals surface area contributed by atoms with Crippen molar-refractivity contribution in [3.05, 3.63) is 53.6 Å². The van der Waals surface area contributed by atoms with Gasteiger partial charge in [-0.3, -0.25) is 9.59 Å². The van der Waals surface area contributed by atoms with E-state index in [0.29, 0.717) is 12.2 Å². The molecule has 0 radical (unpaired) electrons. The van der Waals surface area contributed by atoms with Gasteiger partial charge in [0.1, 0.15) is 17.2 Å². The summed E-state index contributed by atoms with van der Waals surface area (Å²) in [5.41, 5.74) is 0.214. The van der Waals surface area contributed by atoms with Gasteiger partial charge in [-0.05, 0) is 31.2 Å². The largest absolute Gasteiger partial charge is 0.507 e. The molecule has 0 bridgehead atoms. The Morgan fingerprint density at radius 1 is 0.962 bits per heavy atom. The van der Waals surface area contributed by atoms with Crippen molar-refractivity contribution in [3.63, 3.8) is 0 Å². The zero-order valence-electron chi connectivity index (χ0n) is 14.1. The van der Waals surface area contributed by atoms with Gasteiger partial charge in [0.25, 0.3) is 5.78 Å². The summed E-state index contributed by atoms with van der Waals surface area (Å²) in [7, 11) is 0. The summed E-state index contributed by atoms with van der Waals surface area (Å²) in [6, 6.07) is 10.5. The van der Waals surface area contributed by atoms with Crippen LogP contribution in [0.15, 0.2) is 42.5 Å². The number of benzene rings is 2. The molecule has 7 nitrogen and oxygen atoms in total. The van der Waals surface area contributed by atoms with Gasteiger partial charge in [-0.2, -0.15) is 0 Å². The molecule has 2 aromatic carbocycles. The molecule has 0 saturated carbocycles. The number of aromatic hydroxyl groups is 1. The highest BCUT2D eigenvalue weighted by Gasteiger charge is 2.18. The predicted molar refractivity (Wildman–Crippen MR) is 92.1 cm³/mol. The Hall–Kier alpha value is -3.35. The lowest BCUT2D eigenvalue weighted by molar-refractivity contribution is -0.131. The second kappa shape index (κ2) is 8.66.